The number of halogens is 1. The van der Waals surface area contributed by atoms with Gasteiger partial charge in [0.05, 0.1) is 11.9 Å². The molecule has 1 N–H and O–H groups in total. The minimum absolute atomic E-state index is 0.0468. The Kier molecular flexibility index (Phi) is 9.40. The van der Waals surface area contributed by atoms with Crippen molar-refractivity contribution < 1.29 is 22.4 Å². The molecule has 0 aliphatic rings. The van der Waals surface area contributed by atoms with Crippen molar-refractivity contribution in [1.82, 2.24) is 10.2 Å². The second-order valence-electron chi connectivity index (χ2n) is 8.07. The summed E-state index contributed by atoms with van der Waals surface area (Å²) in [6.45, 7) is 5.11. The molecule has 33 heavy (non-hydrogen) atoms. The van der Waals surface area contributed by atoms with Crippen LogP contribution in [-0.4, -0.2) is 56.6 Å². The van der Waals surface area contributed by atoms with Crippen LogP contribution in [0.3, 0.4) is 0 Å². The van der Waals surface area contributed by atoms with Gasteiger partial charge in [-0.25, -0.2) is 12.8 Å². The highest BCUT2D eigenvalue weighted by molar-refractivity contribution is 7.92. The molecule has 2 aromatic carbocycles. The summed E-state index contributed by atoms with van der Waals surface area (Å²) in [5.74, 6) is -1.48. The number of hydrogen-bond donors (Lipinski definition) is 1. The quantitative estimate of drug-likeness (QED) is 0.539. The molecular formula is C24H32FN3O4S. The average molecular weight is 478 g/mol. The van der Waals surface area contributed by atoms with E-state index in [4.69, 9.17) is 0 Å². The van der Waals surface area contributed by atoms with Gasteiger partial charge in [-0.15, -0.1) is 0 Å². The van der Waals surface area contributed by atoms with Crippen molar-refractivity contribution in [2.45, 2.75) is 45.7 Å². The number of benzene rings is 2. The number of sulfonamides is 1. The van der Waals surface area contributed by atoms with E-state index in [1.165, 1.54) is 23.1 Å². The highest BCUT2D eigenvalue weighted by Gasteiger charge is 2.30. The third kappa shape index (κ3) is 7.85. The maximum absolute atomic E-state index is 13.7. The second kappa shape index (κ2) is 11.8. The first-order valence-electron chi connectivity index (χ1n) is 10.9. The Balaban J connectivity index is 2.30. The number of anilines is 1. The zero-order chi connectivity index (χ0) is 24.6. The Morgan fingerprint density at radius 3 is 2.30 bits per heavy atom. The minimum Gasteiger partial charge on any atom is -0.352 e. The molecule has 0 saturated heterocycles. The van der Waals surface area contributed by atoms with Gasteiger partial charge in [0, 0.05) is 12.6 Å². The monoisotopic (exact) mass is 477 g/mol. The summed E-state index contributed by atoms with van der Waals surface area (Å²) in [6, 6.07) is 13.7. The lowest BCUT2D eigenvalue weighted by atomic mass is 10.1. The first-order valence-corrected chi connectivity index (χ1v) is 12.7. The van der Waals surface area contributed by atoms with E-state index in [0.29, 0.717) is 6.42 Å². The van der Waals surface area contributed by atoms with Crippen LogP contribution in [0.1, 0.15) is 32.8 Å². The Hall–Kier alpha value is -2.94. The highest BCUT2D eigenvalue weighted by atomic mass is 32.2. The third-order valence-electron chi connectivity index (χ3n) is 5.43. The van der Waals surface area contributed by atoms with Crippen LogP contribution in [0.4, 0.5) is 10.1 Å². The summed E-state index contributed by atoms with van der Waals surface area (Å²) >= 11 is 0. The maximum atomic E-state index is 13.7. The van der Waals surface area contributed by atoms with Gasteiger partial charge in [0.2, 0.25) is 21.8 Å². The number of carbonyl (C=O) groups is 2. The largest absolute Gasteiger partial charge is 0.352 e. The van der Waals surface area contributed by atoms with Gasteiger partial charge in [-0.05, 0) is 50.5 Å². The molecule has 0 bridgehead atoms. The summed E-state index contributed by atoms with van der Waals surface area (Å²) in [4.78, 5) is 27.5. The molecule has 2 atom stereocenters. The van der Waals surface area contributed by atoms with E-state index in [2.05, 4.69) is 5.32 Å². The fourth-order valence-corrected chi connectivity index (χ4v) is 4.12. The SMILES string of the molecule is CC[C@H](C)NC(=O)[C@@H](C)N(CCc1ccccc1)C(=O)CN(c1cccc(F)c1)S(C)(=O)=O. The summed E-state index contributed by atoms with van der Waals surface area (Å²) in [5.41, 5.74) is 1.03. The van der Waals surface area contributed by atoms with Crippen molar-refractivity contribution >= 4 is 27.5 Å². The average Bonchev–Trinajstić information content (AvgIpc) is 2.77. The van der Waals surface area contributed by atoms with Gasteiger partial charge in [-0.3, -0.25) is 13.9 Å². The minimum atomic E-state index is -3.88. The summed E-state index contributed by atoms with van der Waals surface area (Å²) in [6.07, 6.45) is 2.18. The molecule has 7 nitrogen and oxygen atoms in total. The fourth-order valence-electron chi connectivity index (χ4n) is 3.28. The van der Waals surface area contributed by atoms with Crippen LogP contribution in [0.5, 0.6) is 0 Å². The van der Waals surface area contributed by atoms with E-state index in [9.17, 15) is 22.4 Å². The molecule has 0 spiro atoms. The molecule has 0 fully saturated rings. The predicted molar refractivity (Wildman–Crippen MR) is 128 cm³/mol. The number of rotatable bonds is 11. The lowest BCUT2D eigenvalue weighted by Crippen LogP contribution is -2.53. The van der Waals surface area contributed by atoms with E-state index in [1.807, 2.05) is 44.2 Å². The van der Waals surface area contributed by atoms with Gasteiger partial charge in [-0.1, -0.05) is 43.3 Å². The van der Waals surface area contributed by atoms with E-state index >= 15 is 0 Å². The van der Waals surface area contributed by atoms with Crippen LogP contribution >= 0.6 is 0 Å². The molecule has 2 aromatic rings. The highest BCUT2D eigenvalue weighted by Crippen LogP contribution is 2.19. The van der Waals surface area contributed by atoms with Crippen molar-refractivity contribution in [1.29, 1.82) is 0 Å². The molecular weight excluding hydrogens is 445 g/mol. The van der Waals surface area contributed by atoms with Crippen molar-refractivity contribution in [3.05, 3.63) is 66.0 Å². The summed E-state index contributed by atoms with van der Waals surface area (Å²) in [7, 11) is -3.88. The van der Waals surface area contributed by atoms with Gasteiger partial charge in [0.15, 0.2) is 0 Å². The number of nitrogens with one attached hydrogen (secondary N) is 1. The summed E-state index contributed by atoms with van der Waals surface area (Å²) in [5, 5.41) is 2.87. The fraction of sp³-hybridized carbons (Fsp3) is 0.417. The Labute approximate surface area is 195 Å². The molecule has 2 amide bonds. The molecule has 0 radical (unpaired) electrons. The van der Waals surface area contributed by atoms with E-state index in [-0.39, 0.29) is 24.2 Å². The van der Waals surface area contributed by atoms with Crippen LogP contribution < -0.4 is 9.62 Å². The first-order chi connectivity index (χ1) is 15.5. The van der Waals surface area contributed by atoms with Crippen LogP contribution in [-0.2, 0) is 26.0 Å². The molecule has 0 aromatic heterocycles. The molecule has 0 aliphatic heterocycles. The van der Waals surface area contributed by atoms with Crippen LogP contribution in [0, 0.1) is 5.82 Å². The molecule has 0 saturated carbocycles. The van der Waals surface area contributed by atoms with Gasteiger partial charge >= 0.3 is 0 Å². The molecule has 0 unspecified atom stereocenters. The topological polar surface area (TPSA) is 86.8 Å². The van der Waals surface area contributed by atoms with E-state index < -0.39 is 34.3 Å². The summed E-state index contributed by atoms with van der Waals surface area (Å²) < 4.78 is 39.4. The first kappa shape index (κ1) is 26.3. The molecule has 180 valence electrons. The zero-order valence-electron chi connectivity index (χ0n) is 19.5. The van der Waals surface area contributed by atoms with Crippen LogP contribution in [0.2, 0.25) is 0 Å². The normalized spacial score (nSPS) is 13.1. The number of amides is 2. The standard InChI is InChI=1S/C24H32FN3O4S/c1-5-18(2)26-24(30)19(3)27(15-14-20-10-7-6-8-11-20)23(29)17-28(33(4,31)32)22-13-9-12-21(25)16-22/h6-13,16,18-19H,5,14-15,17H2,1-4H3,(H,26,30)/t18-,19+/m0/s1. The molecule has 0 heterocycles. The predicted octanol–water partition coefficient (Wildman–Crippen LogP) is 2.97. The van der Waals surface area contributed by atoms with E-state index in [1.54, 1.807) is 6.92 Å². The molecule has 9 heteroatoms. The number of hydrogen-bond acceptors (Lipinski definition) is 4. The Morgan fingerprint density at radius 1 is 1.06 bits per heavy atom. The van der Waals surface area contributed by atoms with Gasteiger partial charge in [0.1, 0.15) is 18.4 Å². The van der Waals surface area contributed by atoms with Crippen molar-refractivity contribution in [2.24, 2.45) is 0 Å². The van der Waals surface area contributed by atoms with E-state index in [0.717, 1.165) is 28.6 Å². The lowest BCUT2D eigenvalue weighted by molar-refractivity contribution is -0.139. The van der Waals surface area contributed by atoms with Gasteiger partial charge in [-0.2, -0.15) is 0 Å². The number of carbonyl (C=O) groups excluding carboxylic acids is 2. The Bertz CT molecular complexity index is 1050. The Morgan fingerprint density at radius 2 is 1.73 bits per heavy atom. The second-order valence-corrected chi connectivity index (χ2v) is 9.97. The van der Waals surface area contributed by atoms with Crippen molar-refractivity contribution in [3.8, 4) is 0 Å². The molecule has 0 aliphatic carbocycles. The van der Waals surface area contributed by atoms with Gasteiger partial charge < -0.3 is 10.2 Å². The van der Waals surface area contributed by atoms with Crippen LogP contribution in [0.15, 0.2) is 54.6 Å². The smallest absolute Gasteiger partial charge is 0.244 e. The maximum Gasteiger partial charge on any atom is 0.244 e. The third-order valence-corrected chi connectivity index (χ3v) is 6.57. The van der Waals surface area contributed by atoms with Crippen LogP contribution in [0.25, 0.3) is 0 Å². The molecule has 2 rings (SSSR count). The lowest BCUT2D eigenvalue weighted by Gasteiger charge is -2.32. The zero-order valence-corrected chi connectivity index (χ0v) is 20.3. The van der Waals surface area contributed by atoms with Crippen molar-refractivity contribution in [3.63, 3.8) is 0 Å². The van der Waals surface area contributed by atoms with Gasteiger partial charge in [0.25, 0.3) is 0 Å². The number of nitrogens with zero attached hydrogens (tertiary/aromatic N) is 2. The van der Waals surface area contributed by atoms with Crippen molar-refractivity contribution in [2.75, 3.05) is 23.7 Å².